The summed E-state index contributed by atoms with van der Waals surface area (Å²) in [5.74, 6) is -3.27. The first-order chi connectivity index (χ1) is 11.7. The summed E-state index contributed by atoms with van der Waals surface area (Å²) in [5, 5.41) is 3.24. The van der Waals surface area contributed by atoms with Crippen molar-refractivity contribution in [2.24, 2.45) is 0 Å². The fraction of sp³-hybridized carbons (Fsp3) is 0.200. The molecule has 0 fully saturated rings. The lowest BCUT2D eigenvalue weighted by Gasteiger charge is -2.17. The SMILES string of the molecule is CC1(C(=O)C(=O)c2ccc(-c3noc(C(F)(F)F)n3)cc2)C=CON1. The Morgan fingerprint density at radius 1 is 1.20 bits per heavy atom. The van der Waals surface area contributed by atoms with Crippen LogP contribution in [0.1, 0.15) is 23.2 Å². The molecule has 0 saturated heterocycles. The van der Waals surface area contributed by atoms with Crippen LogP contribution < -0.4 is 5.48 Å². The molecule has 25 heavy (non-hydrogen) atoms. The second-order valence-electron chi connectivity index (χ2n) is 5.38. The van der Waals surface area contributed by atoms with Crippen molar-refractivity contribution < 1.29 is 32.1 Å². The van der Waals surface area contributed by atoms with E-state index in [9.17, 15) is 22.8 Å². The van der Waals surface area contributed by atoms with Crippen LogP contribution in [0.3, 0.4) is 0 Å². The topological polar surface area (TPSA) is 94.3 Å². The highest BCUT2D eigenvalue weighted by Gasteiger charge is 2.40. The summed E-state index contributed by atoms with van der Waals surface area (Å²) in [6.45, 7) is 1.48. The molecular formula is C15H10F3N3O4. The minimum Gasteiger partial charge on any atom is -0.416 e. The Morgan fingerprint density at radius 3 is 2.40 bits per heavy atom. The van der Waals surface area contributed by atoms with Gasteiger partial charge >= 0.3 is 12.1 Å². The number of alkyl halides is 3. The van der Waals surface area contributed by atoms with Gasteiger partial charge in [-0.2, -0.15) is 18.2 Å². The number of nitrogens with zero attached hydrogens (tertiary/aromatic N) is 2. The Morgan fingerprint density at radius 2 is 1.88 bits per heavy atom. The molecule has 1 atom stereocenters. The van der Waals surface area contributed by atoms with Gasteiger partial charge in [-0.15, -0.1) is 5.48 Å². The van der Waals surface area contributed by atoms with Gasteiger partial charge in [-0.1, -0.05) is 29.4 Å². The molecule has 0 bridgehead atoms. The normalized spacial score (nSPS) is 19.7. The molecule has 1 aliphatic heterocycles. The number of aromatic nitrogens is 2. The van der Waals surface area contributed by atoms with Crippen LogP contribution in [0.2, 0.25) is 0 Å². The van der Waals surface area contributed by atoms with E-state index in [1.165, 1.54) is 43.5 Å². The predicted molar refractivity (Wildman–Crippen MR) is 75.8 cm³/mol. The second kappa shape index (κ2) is 5.81. The van der Waals surface area contributed by atoms with Gasteiger partial charge in [0.15, 0.2) is 0 Å². The minimum absolute atomic E-state index is 0.0663. The Balaban J connectivity index is 1.80. The predicted octanol–water partition coefficient (Wildman–Crippen LogP) is 2.31. The van der Waals surface area contributed by atoms with Crippen LogP contribution in [0, 0.1) is 0 Å². The Bertz CT molecular complexity index is 858. The molecule has 1 aromatic heterocycles. The molecule has 130 valence electrons. The van der Waals surface area contributed by atoms with Crippen molar-refractivity contribution >= 4 is 11.6 Å². The quantitative estimate of drug-likeness (QED) is 0.666. The molecular weight excluding hydrogens is 343 g/mol. The third-order valence-electron chi connectivity index (χ3n) is 3.49. The molecule has 0 spiro atoms. The first kappa shape index (κ1) is 16.8. The highest BCUT2D eigenvalue weighted by atomic mass is 19.4. The Kier molecular flexibility index (Phi) is 3.91. The lowest BCUT2D eigenvalue weighted by Crippen LogP contribution is -2.47. The summed E-state index contributed by atoms with van der Waals surface area (Å²) in [4.78, 5) is 32.5. The molecule has 3 rings (SSSR count). The third-order valence-corrected chi connectivity index (χ3v) is 3.49. The van der Waals surface area contributed by atoms with Gasteiger partial charge in [0.25, 0.3) is 0 Å². The number of hydroxylamine groups is 1. The zero-order valence-electron chi connectivity index (χ0n) is 12.6. The fourth-order valence-electron chi connectivity index (χ4n) is 2.08. The van der Waals surface area contributed by atoms with Crippen molar-refractivity contribution in [2.75, 3.05) is 0 Å². The Hall–Kier alpha value is -3.01. The van der Waals surface area contributed by atoms with Crippen molar-refractivity contribution in [1.82, 2.24) is 15.6 Å². The maximum Gasteiger partial charge on any atom is 0.471 e. The Labute approximate surface area is 138 Å². The standard InChI is InChI=1S/C15H10F3N3O4/c1-14(6-7-24-21-14)11(23)10(22)8-2-4-9(5-3-8)12-19-13(25-20-12)15(16,17)18/h2-7,21H,1H3. The summed E-state index contributed by atoms with van der Waals surface area (Å²) >= 11 is 0. The number of Topliss-reactive ketones (excluding diaryl/α,β-unsaturated/α-hetero) is 2. The molecule has 0 saturated carbocycles. The van der Waals surface area contributed by atoms with E-state index in [1.54, 1.807) is 0 Å². The van der Waals surface area contributed by atoms with E-state index in [0.29, 0.717) is 0 Å². The van der Waals surface area contributed by atoms with E-state index in [0.717, 1.165) is 0 Å². The van der Waals surface area contributed by atoms with Gasteiger partial charge in [-0.3, -0.25) is 9.59 Å². The second-order valence-corrected chi connectivity index (χ2v) is 5.38. The van der Waals surface area contributed by atoms with Gasteiger partial charge < -0.3 is 9.36 Å². The van der Waals surface area contributed by atoms with Gasteiger partial charge in [0.05, 0.1) is 0 Å². The van der Waals surface area contributed by atoms with Crippen LogP contribution in [-0.2, 0) is 15.8 Å². The lowest BCUT2D eigenvalue weighted by atomic mass is 9.91. The summed E-state index contributed by atoms with van der Waals surface area (Å²) < 4.78 is 41.5. The number of carbonyl (C=O) groups excluding carboxylic acids is 2. The van der Waals surface area contributed by atoms with Gasteiger partial charge in [0.2, 0.25) is 17.4 Å². The third kappa shape index (κ3) is 3.15. The zero-order valence-corrected chi connectivity index (χ0v) is 12.6. The average Bonchev–Trinajstić information content (AvgIpc) is 3.23. The summed E-state index contributed by atoms with van der Waals surface area (Å²) in [6.07, 6.45) is -2.09. The molecule has 2 aromatic rings. The smallest absolute Gasteiger partial charge is 0.416 e. The molecule has 0 radical (unpaired) electrons. The zero-order chi connectivity index (χ0) is 18.2. The first-order valence-electron chi connectivity index (χ1n) is 6.92. The van der Waals surface area contributed by atoms with Crippen LogP contribution in [0.25, 0.3) is 11.4 Å². The van der Waals surface area contributed by atoms with E-state index >= 15 is 0 Å². The van der Waals surface area contributed by atoms with Crippen molar-refractivity contribution in [3.8, 4) is 11.4 Å². The maximum absolute atomic E-state index is 12.5. The van der Waals surface area contributed by atoms with Crippen LogP contribution in [-0.4, -0.2) is 27.2 Å². The number of carbonyl (C=O) groups is 2. The lowest BCUT2D eigenvalue weighted by molar-refractivity contribution is -0.159. The molecule has 1 unspecified atom stereocenters. The van der Waals surface area contributed by atoms with Crippen LogP contribution in [0.5, 0.6) is 0 Å². The number of benzene rings is 1. The van der Waals surface area contributed by atoms with E-state index in [2.05, 4.69) is 20.1 Å². The van der Waals surface area contributed by atoms with Crippen molar-refractivity contribution in [3.05, 3.63) is 48.1 Å². The fourth-order valence-corrected chi connectivity index (χ4v) is 2.08. The molecule has 1 aliphatic rings. The number of hydrogen-bond donors (Lipinski definition) is 1. The largest absolute Gasteiger partial charge is 0.471 e. The van der Waals surface area contributed by atoms with Crippen molar-refractivity contribution in [2.45, 2.75) is 18.6 Å². The number of ketones is 2. The van der Waals surface area contributed by atoms with Gasteiger partial charge in [0.1, 0.15) is 11.8 Å². The molecule has 1 N–H and O–H groups in total. The highest BCUT2D eigenvalue weighted by Crippen LogP contribution is 2.29. The van der Waals surface area contributed by atoms with E-state index in [4.69, 9.17) is 4.84 Å². The van der Waals surface area contributed by atoms with E-state index in [1.807, 2.05) is 0 Å². The average molecular weight is 353 g/mol. The monoisotopic (exact) mass is 353 g/mol. The summed E-state index contributed by atoms with van der Waals surface area (Å²) in [5.41, 5.74) is 1.42. The molecule has 10 heteroatoms. The number of halogens is 3. The van der Waals surface area contributed by atoms with Crippen LogP contribution >= 0.6 is 0 Å². The molecule has 7 nitrogen and oxygen atoms in total. The number of hydrogen-bond acceptors (Lipinski definition) is 7. The number of rotatable bonds is 4. The van der Waals surface area contributed by atoms with Gasteiger partial charge in [-0.25, -0.2) is 0 Å². The minimum atomic E-state index is -4.74. The molecule has 0 aliphatic carbocycles. The number of nitrogens with one attached hydrogen (secondary N) is 1. The molecule has 1 aromatic carbocycles. The maximum atomic E-state index is 12.5. The van der Waals surface area contributed by atoms with Crippen LogP contribution in [0.4, 0.5) is 13.2 Å². The molecule has 0 amide bonds. The van der Waals surface area contributed by atoms with Gasteiger partial charge in [0, 0.05) is 11.1 Å². The van der Waals surface area contributed by atoms with Crippen LogP contribution in [0.15, 0.2) is 41.1 Å². The summed E-state index contributed by atoms with van der Waals surface area (Å²) in [7, 11) is 0. The van der Waals surface area contributed by atoms with Crippen molar-refractivity contribution in [1.29, 1.82) is 0 Å². The molecule has 2 heterocycles. The van der Waals surface area contributed by atoms with E-state index < -0.39 is 29.2 Å². The van der Waals surface area contributed by atoms with Gasteiger partial charge in [-0.05, 0) is 13.0 Å². The summed E-state index contributed by atoms with van der Waals surface area (Å²) in [6, 6.07) is 5.23. The highest BCUT2D eigenvalue weighted by molar-refractivity contribution is 6.46. The van der Waals surface area contributed by atoms with E-state index in [-0.39, 0.29) is 17.0 Å². The first-order valence-corrected chi connectivity index (χ1v) is 6.92. The van der Waals surface area contributed by atoms with Crippen molar-refractivity contribution in [3.63, 3.8) is 0 Å².